The van der Waals surface area contributed by atoms with Crippen LogP contribution in [0.15, 0.2) is 22.7 Å². The van der Waals surface area contributed by atoms with Crippen LogP contribution in [0.4, 0.5) is 0 Å². The number of hydrogen-bond acceptors (Lipinski definition) is 2. The van der Waals surface area contributed by atoms with Crippen LogP contribution in [0.5, 0.6) is 0 Å². The highest BCUT2D eigenvalue weighted by molar-refractivity contribution is 9.10. The van der Waals surface area contributed by atoms with E-state index in [1.807, 2.05) is 12.1 Å². The van der Waals surface area contributed by atoms with Crippen molar-refractivity contribution in [1.29, 1.82) is 0 Å². The van der Waals surface area contributed by atoms with Gasteiger partial charge in [-0.3, -0.25) is 0 Å². The number of halogens is 3. The van der Waals surface area contributed by atoms with Crippen molar-refractivity contribution < 1.29 is 0 Å². The van der Waals surface area contributed by atoms with Crippen molar-refractivity contribution in [3.05, 3.63) is 54.4 Å². The highest BCUT2D eigenvalue weighted by atomic mass is 79.9. The smallest absolute Gasteiger partial charge is 0.144 e. The normalized spacial score (nSPS) is 10.7. The third-order valence-electron chi connectivity index (χ3n) is 2.71. The standard InChI is InChI=1S/C13H11BrCl2N2S/c1-2-10-12(14)13(19)18-11(17-10)5-7-3-4-8(15)6-9(7)16/h3-4,6H,2,5H2,1H3,(H,17,18,19). The zero-order chi connectivity index (χ0) is 14.0. The van der Waals surface area contributed by atoms with Crippen LogP contribution in [-0.2, 0) is 12.8 Å². The molecule has 19 heavy (non-hydrogen) atoms. The molecular weight excluding hydrogens is 367 g/mol. The van der Waals surface area contributed by atoms with Gasteiger partial charge in [-0.2, -0.15) is 0 Å². The fraction of sp³-hybridized carbons (Fsp3) is 0.231. The summed E-state index contributed by atoms with van der Waals surface area (Å²) in [5.41, 5.74) is 2.01. The van der Waals surface area contributed by atoms with Gasteiger partial charge in [-0.15, -0.1) is 0 Å². The summed E-state index contributed by atoms with van der Waals surface area (Å²) in [5, 5.41) is 1.26. The maximum Gasteiger partial charge on any atom is 0.144 e. The van der Waals surface area contributed by atoms with Crippen molar-refractivity contribution >= 4 is 51.3 Å². The van der Waals surface area contributed by atoms with Crippen LogP contribution in [0.3, 0.4) is 0 Å². The van der Waals surface area contributed by atoms with Crippen LogP contribution in [0.2, 0.25) is 10.0 Å². The Morgan fingerprint density at radius 1 is 1.37 bits per heavy atom. The summed E-state index contributed by atoms with van der Waals surface area (Å²) in [7, 11) is 0. The SMILES string of the molecule is CCc1[nH]c(Cc2ccc(Cl)cc2Cl)nc(=S)c1Br. The first-order valence-electron chi connectivity index (χ1n) is 5.72. The van der Waals surface area contributed by atoms with E-state index in [-0.39, 0.29) is 0 Å². The van der Waals surface area contributed by atoms with Crippen LogP contribution >= 0.6 is 51.3 Å². The van der Waals surface area contributed by atoms with E-state index in [0.717, 1.165) is 28.0 Å². The van der Waals surface area contributed by atoms with Crippen LogP contribution in [-0.4, -0.2) is 9.97 Å². The molecule has 2 rings (SSSR count). The Balaban J connectivity index is 2.38. The van der Waals surface area contributed by atoms with Gasteiger partial charge in [0.2, 0.25) is 0 Å². The highest BCUT2D eigenvalue weighted by Gasteiger charge is 2.08. The zero-order valence-electron chi connectivity index (χ0n) is 10.1. The summed E-state index contributed by atoms with van der Waals surface area (Å²) >= 11 is 20.7. The number of nitrogens with zero attached hydrogens (tertiary/aromatic N) is 1. The second-order valence-electron chi connectivity index (χ2n) is 4.05. The summed E-state index contributed by atoms with van der Waals surface area (Å²) < 4.78 is 1.42. The molecular formula is C13H11BrCl2N2S. The molecule has 0 radical (unpaired) electrons. The van der Waals surface area contributed by atoms with Crippen LogP contribution in [0, 0.1) is 4.64 Å². The molecule has 0 saturated heterocycles. The first kappa shape index (κ1) is 15.0. The van der Waals surface area contributed by atoms with E-state index in [1.54, 1.807) is 6.07 Å². The van der Waals surface area contributed by atoms with E-state index in [9.17, 15) is 0 Å². The molecule has 1 aromatic heterocycles. The quantitative estimate of drug-likeness (QED) is 0.729. The Bertz CT molecular complexity index is 670. The predicted octanol–water partition coefficient (Wildman–Crippen LogP) is 5.36. The molecule has 6 heteroatoms. The first-order valence-corrected chi connectivity index (χ1v) is 7.68. The van der Waals surface area contributed by atoms with E-state index in [0.29, 0.717) is 21.1 Å². The van der Waals surface area contributed by atoms with E-state index in [4.69, 9.17) is 35.4 Å². The average Bonchev–Trinajstić information content (AvgIpc) is 2.37. The molecule has 0 spiro atoms. The summed E-state index contributed by atoms with van der Waals surface area (Å²) in [5.74, 6) is 0.800. The summed E-state index contributed by atoms with van der Waals surface area (Å²) in [6.07, 6.45) is 1.45. The van der Waals surface area contributed by atoms with Crippen molar-refractivity contribution in [2.45, 2.75) is 19.8 Å². The predicted molar refractivity (Wildman–Crippen MR) is 85.8 cm³/mol. The summed E-state index contributed by atoms with van der Waals surface area (Å²) in [6.45, 7) is 2.06. The van der Waals surface area contributed by atoms with Gasteiger partial charge in [-0.05, 0) is 40.0 Å². The third-order valence-corrected chi connectivity index (χ3v) is 4.71. The maximum atomic E-state index is 6.16. The molecule has 2 aromatic rings. The molecule has 0 saturated carbocycles. The summed E-state index contributed by atoms with van der Waals surface area (Å²) in [4.78, 5) is 7.64. The molecule has 100 valence electrons. The minimum absolute atomic E-state index is 0.565. The summed E-state index contributed by atoms with van der Waals surface area (Å²) in [6, 6.07) is 5.44. The number of H-pyrrole nitrogens is 1. The number of aromatic amines is 1. The Kier molecular flexibility index (Phi) is 5.01. The molecule has 0 aliphatic carbocycles. The molecule has 0 bridgehead atoms. The van der Waals surface area contributed by atoms with Crippen molar-refractivity contribution in [2.24, 2.45) is 0 Å². The minimum atomic E-state index is 0.565. The molecule has 0 aliphatic rings. The molecule has 2 nitrogen and oxygen atoms in total. The number of rotatable bonds is 3. The molecule has 0 aliphatic heterocycles. The molecule has 0 fully saturated rings. The van der Waals surface area contributed by atoms with E-state index >= 15 is 0 Å². The Labute approximate surface area is 135 Å². The minimum Gasteiger partial charge on any atom is -0.346 e. The highest BCUT2D eigenvalue weighted by Crippen LogP contribution is 2.23. The lowest BCUT2D eigenvalue weighted by atomic mass is 10.1. The van der Waals surface area contributed by atoms with Crippen LogP contribution < -0.4 is 0 Å². The van der Waals surface area contributed by atoms with Gasteiger partial charge >= 0.3 is 0 Å². The lowest BCUT2D eigenvalue weighted by molar-refractivity contribution is 0.889. The van der Waals surface area contributed by atoms with Gasteiger partial charge < -0.3 is 4.98 Å². The largest absolute Gasteiger partial charge is 0.346 e. The van der Waals surface area contributed by atoms with Gasteiger partial charge in [0, 0.05) is 22.2 Å². The van der Waals surface area contributed by atoms with Crippen molar-refractivity contribution in [3.8, 4) is 0 Å². The Morgan fingerprint density at radius 3 is 2.74 bits per heavy atom. The van der Waals surface area contributed by atoms with E-state index in [2.05, 4.69) is 32.8 Å². The fourth-order valence-corrected chi connectivity index (χ4v) is 2.91. The van der Waals surface area contributed by atoms with Crippen molar-refractivity contribution in [2.75, 3.05) is 0 Å². The van der Waals surface area contributed by atoms with Crippen molar-refractivity contribution in [1.82, 2.24) is 9.97 Å². The van der Waals surface area contributed by atoms with Crippen LogP contribution in [0.25, 0.3) is 0 Å². The first-order chi connectivity index (χ1) is 9.01. The lowest BCUT2D eigenvalue weighted by Gasteiger charge is -2.08. The lowest BCUT2D eigenvalue weighted by Crippen LogP contribution is -2.02. The number of aryl methyl sites for hydroxylation is 1. The number of aromatic nitrogens is 2. The van der Waals surface area contributed by atoms with E-state index in [1.165, 1.54) is 0 Å². The topological polar surface area (TPSA) is 28.7 Å². The third kappa shape index (κ3) is 3.57. The van der Waals surface area contributed by atoms with Gasteiger partial charge in [0.1, 0.15) is 10.5 Å². The van der Waals surface area contributed by atoms with Gasteiger partial charge in [-0.25, -0.2) is 4.98 Å². The van der Waals surface area contributed by atoms with Gasteiger partial charge in [0.25, 0.3) is 0 Å². The molecule has 1 N–H and O–H groups in total. The molecule has 1 aromatic carbocycles. The van der Waals surface area contributed by atoms with Crippen LogP contribution in [0.1, 0.15) is 24.0 Å². The Morgan fingerprint density at radius 2 is 2.11 bits per heavy atom. The number of nitrogens with one attached hydrogen (secondary N) is 1. The van der Waals surface area contributed by atoms with Gasteiger partial charge in [-0.1, -0.05) is 48.4 Å². The average molecular weight is 378 g/mol. The van der Waals surface area contributed by atoms with Gasteiger partial charge in [0.15, 0.2) is 0 Å². The van der Waals surface area contributed by atoms with Gasteiger partial charge in [0.05, 0.1) is 4.47 Å². The van der Waals surface area contributed by atoms with Crippen molar-refractivity contribution in [3.63, 3.8) is 0 Å². The monoisotopic (exact) mass is 376 g/mol. The fourth-order valence-electron chi connectivity index (χ4n) is 1.73. The second-order valence-corrected chi connectivity index (χ2v) is 6.07. The second kappa shape index (κ2) is 6.35. The molecule has 1 heterocycles. The van der Waals surface area contributed by atoms with E-state index < -0.39 is 0 Å². The molecule has 0 amide bonds. The number of hydrogen-bond donors (Lipinski definition) is 1. The molecule has 0 unspecified atom stereocenters. The maximum absolute atomic E-state index is 6.16. The molecule has 0 atom stereocenters. The zero-order valence-corrected chi connectivity index (χ0v) is 14.0. The Hall–Kier alpha value is -0.420. The number of benzene rings is 1.